The summed E-state index contributed by atoms with van der Waals surface area (Å²) in [6.07, 6.45) is 5.04. The van der Waals surface area contributed by atoms with Gasteiger partial charge in [-0.1, -0.05) is 12.1 Å². The Morgan fingerprint density at radius 2 is 1.74 bits per heavy atom. The minimum Gasteiger partial charge on any atom is -0.497 e. The predicted molar refractivity (Wildman–Crippen MR) is 120 cm³/mol. The second-order valence-electron chi connectivity index (χ2n) is 8.03. The van der Waals surface area contributed by atoms with Gasteiger partial charge >= 0.3 is 0 Å². The molecule has 3 aromatic rings. The Balaban J connectivity index is 1.36. The minimum absolute atomic E-state index is 0.00237. The van der Waals surface area contributed by atoms with Crippen molar-refractivity contribution in [3.05, 3.63) is 59.1 Å². The number of benzene rings is 2. The summed E-state index contributed by atoms with van der Waals surface area (Å²) in [5.74, 6) is 1.60. The predicted octanol–water partition coefficient (Wildman–Crippen LogP) is 3.86. The molecule has 0 atom stereocenters. The zero-order valence-electron chi connectivity index (χ0n) is 17.8. The number of nitrogens with zero attached hydrogens (tertiary/aromatic N) is 2. The first kappa shape index (κ1) is 20.9. The highest BCUT2D eigenvalue weighted by atomic mass is 16.5. The van der Waals surface area contributed by atoms with Gasteiger partial charge in [0.05, 0.1) is 31.4 Å². The van der Waals surface area contributed by atoms with Crippen molar-refractivity contribution in [2.75, 3.05) is 19.5 Å². The Labute approximate surface area is 181 Å². The number of hydrogen-bond donors (Lipinski definition) is 1. The van der Waals surface area contributed by atoms with Gasteiger partial charge in [-0.15, -0.1) is 0 Å². The SMILES string of the molecule is COc1cc(NC(=O)C2CCC(Cn3cnc4ccccc4c3=O)CC2)cc(OC)c1. The number of ether oxygens (including phenoxy) is 2. The Hall–Kier alpha value is -3.35. The minimum atomic E-state index is -0.0418. The molecule has 31 heavy (non-hydrogen) atoms. The van der Waals surface area contributed by atoms with E-state index in [1.54, 1.807) is 43.3 Å². The fourth-order valence-electron chi connectivity index (χ4n) is 4.25. The van der Waals surface area contributed by atoms with E-state index in [4.69, 9.17) is 9.47 Å². The van der Waals surface area contributed by atoms with Gasteiger partial charge in [-0.05, 0) is 43.7 Å². The van der Waals surface area contributed by atoms with Crippen molar-refractivity contribution in [1.82, 2.24) is 9.55 Å². The fraction of sp³-hybridized carbons (Fsp3) is 0.375. The van der Waals surface area contributed by atoms with Gasteiger partial charge in [-0.2, -0.15) is 0 Å². The summed E-state index contributed by atoms with van der Waals surface area (Å²) >= 11 is 0. The maximum Gasteiger partial charge on any atom is 0.261 e. The molecule has 1 saturated carbocycles. The maximum absolute atomic E-state index is 12.8. The molecule has 7 heteroatoms. The second-order valence-corrected chi connectivity index (χ2v) is 8.03. The van der Waals surface area contributed by atoms with Crippen molar-refractivity contribution in [3.8, 4) is 11.5 Å². The van der Waals surface area contributed by atoms with Crippen molar-refractivity contribution >= 4 is 22.5 Å². The van der Waals surface area contributed by atoms with Crippen molar-refractivity contribution < 1.29 is 14.3 Å². The average molecular weight is 421 g/mol. The van der Waals surface area contributed by atoms with Crippen LogP contribution in [0.2, 0.25) is 0 Å². The van der Waals surface area contributed by atoms with Gasteiger partial charge in [0.2, 0.25) is 5.91 Å². The Kier molecular flexibility index (Phi) is 6.21. The van der Waals surface area contributed by atoms with Gasteiger partial charge in [-0.25, -0.2) is 4.98 Å². The zero-order chi connectivity index (χ0) is 21.8. The van der Waals surface area contributed by atoms with Crippen LogP contribution in [-0.4, -0.2) is 29.7 Å². The molecule has 0 bridgehead atoms. The number of hydrogen-bond acceptors (Lipinski definition) is 5. The van der Waals surface area contributed by atoms with Crippen LogP contribution in [0.15, 0.2) is 53.6 Å². The van der Waals surface area contributed by atoms with Crippen LogP contribution in [0.5, 0.6) is 11.5 Å². The summed E-state index contributed by atoms with van der Waals surface area (Å²) in [7, 11) is 3.16. The molecule has 7 nitrogen and oxygen atoms in total. The smallest absolute Gasteiger partial charge is 0.261 e. The molecule has 0 unspecified atom stereocenters. The number of aromatic nitrogens is 2. The number of rotatable bonds is 6. The van der Waals surface area contributed by atoms with Crippen LogP contribution in [-0.2, 0) is 11.3 Å². The van der Waals surface area contributed by atoms with Crippen LogP contribution in [0.25, 0.3) is 10.9 Å². The molecule has 1 aliphatic rings. The molecule has 1 heterocycles. The third-order valence-corrected chi connectivity index (χ3v) is 6.02. The molecule has 2 aromatic carbocycles. The number of amides is 1. The van der Waals surface area contributed by atoms with Gasteiger partial charge < -0.3 is 14.8 Å². The first-order valence-electron chi connectivity index (χ1n) is 10.6. The topological polar surface area (TPSA) is 82.5 Å². The number of carbonyl (C=O) groups is 1. The summed E-state index contributed by atoms with van der Waals surface area (Å²) in [6, 6.07) is 12.7. The lowest BCUT2D eigenvalue weighted by atomic mass is 9.81. The molecular weight excluding hydrogens is 394 g/mol. The molecule has 0 spiro atoms. The molecule has 0 saturated heterocycles. The summed E-state index contributed by atoms with van der Waals surface area (Å²) in [5, 5.41) is 3.64. The summed E-state index contributed by atoms with van der Waals surface area (Å²) in [6.45, 7) is 0.637. The number of carbonyl (C=O) groups excluding carboxylic acids is 1. The highest BCUT2D eigenvalue weighted by molar-refractivity contribution is 5.93. The number of para-hydroxylation sites is 1. The van der Waals surface area contributed by atoms with E-state index in [1.807, 2.05) is 24.3 Å². The van der Waals surface area contributed by atoms with Crippen LogP contribution in [0.3, 0.4) is 0 Å². The van der Waals surface area contributed by atoms with Gasteiger partial charge in [0.15, 0.2) is 0 Å². The van der Waals surface area contributed by atoms with E-state index in [0.29, 0.717) is 35.0 Å². The first-order valence-corrected chi connectivity index (χ1v) is 10.6. The lowest BCUT2D eigenvalue weighted by molar-refractivity contribution is -0.121. The van der Waals surface area contributed by atoms with E-state index in [9.17, 15) is 9.59 Å². The maximum atomic E-state index is 12.8. The van der Waals surface area contributed by atoms with E-state index in [0.717, 1.165) is 31.2 Å². The summed E-state index contributed by atoms with van der Waals surface area (Å²) in [5.41, 5.74) is 1.38. The first-order chi connectivity index (χ1) is 15.1. The molecule has 0 radical (unpaired) electrons. The van der Waals surface area contributed by atoms with Crippen LogP contribution in [0.4, 0.5) is 5.69 Å². The van der Waals surface area contributed by atoms with Gasteiger partial charge in [0.1, 0.15) is 11.5 Å². The van der Waals surface area contributed by atoms with Gasteiger partial charge in [0.25, 0.3) is 5.56 Å². The van der Waals surface area contributed by atoms with Crippen LogP contribution in [0.1, 0.15) is 25.7 Å². The average Bonchev–Trinajstić information content (AvgIpc) is 2.81. The molecule has 1 N–H and O–H groups in total. The van der Waals surface area contributed by atoms with Crippen molar-refractivity contribution in [2.45, 2.75) is 32.2 Å². The molecule has 0 aliphatic heterocycles. The third kappa shape index (κ3) is 4.71. The lowest BCUT2D eigenvalue weighted by Gasteiger charge is -2.28. The van der Waals surface area contributed by atoms with E-state index in [1.165, 1.54) is 0 Å². The largest absolute Gasteiger partial charge is 0.497 e. The number of fused-ring (bicyclic) bond motifs is 1. The lowest BCUT2D eigenvalue weighted by Crippen LogP contribution is -2.30. The van der Waals surface area contributed by atoms with Gasteiger partial charge in [0, 0.05) is 36.3 Å². The second kappa shape index (κ2) is 9.20. The monoisotopic (exact) mass is 421 g/mol. The number of methoxy groups -OCH3 is 2. The molecule has 1 amide bonds. The van der Waals surface area contributed by atoms with Crippen LogP contribution >= 0.6 is 0 Å². The summed E-state index contributed by atoms with van der Waals surface area (Å²) in [4.78, 5) is 29.9. The molecule has 1 aliphatic carbocycles. The quantitative estimate of drug-likeness (QED) is 0.654. The number of nitrogens with one attached hydrogen (secondary N) is 1. The molecule has 162 valence electrons. The fourth-order valence-corrected chi connectivity index (χ4v) is 4.25. The highest BCUT2D eigenvalue weighted by Crippen LogP contribution is 2.32. The van der Waals surface area contributed by atoms with E-state index in [2.05, 4.69) is 10.3 Å². The van der Waals surface area contributed by atoms with Crippen molar-refractivity contribution in [3.63, 3.8) is 0 Å². The van der Waals surface area contributed by atoms with Crippen molar-refractivity contribution in [1.29, 1.82) is 0 Å². The zero-order valence-corrected chi connectivity index (χ0v) is 17.8. The Bertz CT molecular complexity index is 1110. The molecular formula is C24H27N3O4. The molecule has 1 aromatic heterocycles. The van der Waals surface area contributed by atoms with E-state index in [-0.39, 0.29) is 17.4 Å². The van der Waals surface area contributed by atoms with Crippen molar-refractivity contribution in [2.24, 2.45) is 11.8 Å². The van der Waals surface area contributed by atoms with E-state index >= 15 is 0 Å². The van der Waals surface area contributed by atoms with Crippen LogP contribution in [0, 0.1) is 11.8 Å². The number of anilines is 1. The summed E-state index contributed by atoms with van der Waals surface area (Å²) < 4.78 is 12.2. The molecule has 4 rings (SSSR count). The third-order valence-electron chi connectivity index (χ3n) is 6.02. The normalized spacial score (nSPS) is 18.5. The highest BCUT2D eigenvalue weighted by Gasteiger charge is 2.27. The standard InChI is InChI=1S/C24H27N3O4/c1-30-19-11-18(12-20(13-19)31-2)26-23(28)17-9-7-16(8-10-17)14-27-15-25-22-6-4-3-5-21(22)24(27)29/h3-6,11-13,15-17H,7-10,14H2,1-2H3,(H,26,28). The molecule has 1 fully saturated rings. The van der Waals surface area contributed by atoms with E-state index < -0.39 is 0 Å². The van der Waals surface area contributed by atoms with Gasteiger partial charge in [-0.3, -0.25) is 14.2 Å². The Morgan fingerprint density at radius 1 is 1.06 bits per heavy atom. The Morgan fingerprint density at radius 3 is 2.42 bits per heavy atom. The van der Waals surface area contributed by atoms with Crippen LogP contribution < -0.4 is 20.3 Å².